The minimum absolute atomic E-state index is 0.0436. The van der Waals surface area contributed by atoms with Gasteiger partial charge in [0, 0.05) is 124 Å². The maximum Gasteiger partial charge on any atom is 0.660 e. The Kier molecular flexibility index (Phi) is 41.1. The van der Waals surface area contributed by atoms with Crippen molar-refractivity contribution in [1.82, 2.24) is 0 Å². The molecule has 10 atom stereocenters. The van der Waals surface area contributed by atoms with Crippen LogP contribution < -0.4 is 0 Å². The zero-order valence-electron chi connectivity index (χ0n) is 71.5. The Morgan fingerprint density at radius 2 is 0.550 bits per heavy atom. The van der Waals surface area contributed by atoms with Crippen LogP contribution in [0.3, 0.4) is 0 Å². The summed E-state index contributed by atoms with van der Waals surface area (Å²) in [6.07, 6.45) is -0.0939. The zero-order chi connectivity index (χ0) is 82.5. The first-order chi connectivity index (χ1) is 52.0. The third-order valence-corrected chi connectivity index (χ3v) is 84.3. The topological polar surface area (TPSA) is 350 Å². The Hall–Kier alpha value is 2.68. The molecule has 6 rings (SSSR count). The first-order valence-electron chi connectivity index (χ1n) is 39.8. The lowest BCUT2D eigenvalue weighted by molar-refractivity contribution is -0.105. The molecule has 36 nitrogen and oxygen atoms in total. The molecule has 6 fully saturated rings. The van der Waals surface area contributed by atoms with Crippen LogP contribution in [-0.2, 0) is 151 Å². The van der Waals surface area contributed by atoms with Crippen molar-refractivity contribution in [3.63, 3.8) is 0 Å². The molecular weight excluding hydrogens is 1780 g/mol. The van der Waals surface area contributed by atoms with Crippen molar-refractivity contribution < 1.29 is 155 Å². The van der Waals surface area contributed by atoms with Gasteiger partial charge in [0.2, 0.25) is 0 Å². The highest BCUT2D eigenvalue weighted by molar-refractivity contribution is 7.01. The van der Waals surface area contributed by atoms with Crippen LogP contribution in [0.4, 0.5) is 0 Å². The molecule has 1 N–H and O–H groups in total. The molecule has 6 aliphatic heterocycles. The van der Waals surface area contributed by atoms with E-state index in [0.29, 0.717) is 66.1 Å². The summed E-state index contributed by atoms with van der Waals surface area (Å²) in [5.41, 5.74) is 0. The summed E-state index contributed by atoms with van der Waals surface area (Å²) in [5, 5.41) is 0. The Labute approximate surface area is 685 Å². The van der Waals surface area contributed by atoms with E-state index < -0.39 is 168 Å². The predicted octanol–water partition coefficient (Wildman–Crippen LogP) is 8.13. The number of hydrogen-bond donors (Lipinski definition) is 1. The molecule has 6 heterocycles. The minimum Gasteiger partial charge on any atom is -0.425 e. The number of hydrogen-bond acceptors (Lipinski definition) is 36. The molecule has 6 aliphatic rings. The van der Waals surface area contributed by atoms with Crippen molar-refractivity contribution in [1.29, 1.82) is 0 Å². The predicted molar refractivity (Wildman–Crippen MR) is 447 cm³/mol. The number of rotatable bonds is 61. The maximum atomic E-state index is 14.7. The average Bonchev–Trinajstić information content (AvgIpc) is 1.32. The van der Waals surface area contributed by atoms with Gasteiger partial charge < -0.3 is 155 Å². The normalized spacial score (nSPS) is 28.7. The second kappa shape index (κ2) is 44.5. The van der Waals surface area contributed by atoms with Crippen molar-refractivity contribution in [3.8, 4) is 0 Å². The lowest BCUT2D eigenvalue weighted by Crippen LogP contribution is -2.88. The molecule has 0 radical (unpaired) electrons. The first kappa shape index (κ1) is 102. The van der Waals surface area contributed by atoms with Crippen molar-refractivity contribution >= 4 is 168 Å². The summed E-state index contributed by atoms with van der Waals surface area (Å²) in [6, 6.07) is 2.52. The minimum atomic E-state index is -5.95. The van der Waals surface area contributed by atoms with Crippen LogP contribution in [0.1, 0.15) is 83.1 Å². The monoisotopic (exact) mass is 1920 g/mol. The molecule has 6 saturated heterocycles. The van der Waals surface area contributed by atoms with Crippen LogP contribution in [-0.4, -0.2) is 311 Å². The van der Waals surface area contributed by atoms with Gasteiger partial charge in [-0.25, -0.2) is 0 Å². The molecule has 0 spiro atoms. The number of epoxide rings is 2. The average molecular weight is 1920 g/mol. The van der Waals surface area contributed by atoms with E-state index in [1.165, 1.54) is 7.11 Å². The van der Waals surface area contributed by atoms with Gasteiger partial charge in [-0.1, -0.05) is 6.55 Å². The van der Waals surface area contributed by atoms with Crippen LogP contribution >= 0.6 is 0 Å². The first-order valence-corrected chi connectivity index (χ1v) is 81.1. The van der Waals surface area contributed by atoms with E-state index in [1.54, 1.807) is 0 Å². The molecule has 6 bridgehead atoms. The Bertz CT molecular complexity index is 2660. The van der Waals surface area contributed by atoms with E-state index in [1.807, 2.05) is 168 Å². The van der Waals surface area contributed by atoms with Crippen LogP contribution in [0.5, 0.6) is 0 Å². The third-order valence-electron chi connectivity index (χ3n) is 17.3. The lowest BCUT2D eigenvalue weighted by atomic mass is 10.5. The molecule has 0 saturated carbocycles. The van der Waals surface area contributed by atoms with Gasteiger partial charge in [0.25, 0.3) is 0 Å². The van der Waals surface area contributed by atoms with Crippen LogP contribution in [0, 0.1) is 0 Å². The maximum absolute atomic E-state index is 14.7. The van der Waals surface area contributed by atoms with E-state index in [-0.39, 0.29) is 126 Å². The lowest BCUT2D eigenvalue weighted by Gasteiger charge is -2.57. The number of ether oxygens (including phenoxy) is 4. The smallest absolute Gasteiger partial charge is 0.425 e. The summed E-state index contributed by atoms with van der Waals surface area (Å²) in [5.74, 6) is 0. The van der Waals surface area contributed by atoms with Crippen molar-refractivity contribution in [2.24, 2.45) is 0 Å². The van der Waals surface area contributed by atoms with Crippen LogP contribution in [0.15, 0.2) is 0 Å². The van der Waals surface area contributed by atoms with Crippen molar-refractivity contribution in [3.05, 3.63) is 0 Å². The summed E-state index contributed by atoms with van der Waals surface area (Å²) in [4.78, 5) is 14.7. The molecule has 0 aromatic heterocycles. The zero-order valence-corrected chi connectivity index (χ0v) is 91.0. The van der Waals surface area contributed by atoms with Gasteiger partial charge >= 0.3 is 108 Å². The van der Waals surface area contributed by atoms with Gasteiger partial charge in [-0.2, -0.15) is 0 Å². The van der Waals surface area contributed by atoms with Crippen LogP contribution in [0.2, 0.25) is 146 Å². The standard InChI is InChI=1S/C56H140O36Si19/c1-27-63-101(64-28-2,65-29-3)47-43-97(19,20)79-107-77-94(75-93-14)76-106(58-13)86-108(80-96(17,18)42-40-60-52-56-54-62-56)84-105(57,78-95(15,16)41-39-59-51-55-53-61-55)85-109(88-107,81-98(21,22)44-48-102(66-30-4,67-31-5)68-32-6)91-111(90-108,83-100(25,26)46-50-104(72-36-10,73-37-11)74-38-12)92-110(87-106,89-107)82-99(23,24)45-49-103(69-33-7,70-34-8)71-35-9/h55-57,94H,27-54,93H2,1-26H3. The van der Waals surface area contributed by atoms with Crippen molar-refractivity contribution in [2.45, 2.75) is 241 Å². The van der Waals surface area contributed by atoms with Crippen molar-refractivity contribution in [2.75, 3.05) is 126 Å². The molecule has 0 aromatic carbocycles. The van der Waals surface area contributed by atoms with Gasteiger partial charge in [-0.3, -0.25) is 0 Å². The molecular formula is C56H140O36Si19. The Morgan fingerprint density at radius 3 is 0.802 bits per heavy atom. The van der Waals surface area contributed by atoms with Gasteiger partial charge in [0.1, 0.15) is 22.0 Å². The SMILES string of the molecule is CCO[Si](CC[Si](C)(C)O[Si]12O[SiH](O[SiH2]C)O[Si]3(OC)O[Si]4(O[Si](C)(C)CCOCC5CO5)O[Si](O)(O[Si](C)(C)CCOCC5CO5)O[Si](O[Si](C)(C)CC[Si](OCC)(OCC)OCC)(O1)O[Si](O[Si](C)(C)CC[Si](OCC)(OCC)OCC)(O4)O[Si](O[Si](C)(C)CC[Si](OCC)(OCC)OCC)(O3)O2)(OCC)OCC. The molecule has 10 unspecified atom stereocenters. The fourth-order valence-electron chi connectivity index (χ4n) is 12.3. The molecule has 0 aliphatic carbocycles. The van der Waals surface area contributed by atoms with Gasteiger partial charge in [0.05, 0.1) is 26.4 Å². The highest BCUT2D eigenvalue weighted by atomic mass is 28.7. The third kappa shape index (κ3) is 32.3. The molecule has 111 heavy (non-hydrogen) atoms. The second-order valence-electron chi connectivity index (χ2n) is 30.3. The molecule has 656 valence electrons. The summed E-state index contributed by atoms with van der Waals surface area (Å²) < 4.78 is 248. The molecule has 0 aromatic rings. The summed E-state index contributed by atoms with van der Waals surface area (Å²) in [7, 11) is -80.2. The van der Waals surface area contributed by atoms with E-state index in [0.717, 1.165) is 0 Å². The Morgan fingerprint density at radius 1 is 0.324 bits per heavy atom. The van der Waals surface area contributed by atoms with E-state index in [9.17, 15) is 4.80 Å². The van der Waals surface area contributed by atoms with E-state index >= 15 is 0 Å². The highest BCUT2D eigenvalue weighted by Crippen LogP contribution is 2.51. The molecule has 0 amide bonds. The largest absolute Gasteiger partial charge is 0.660 e. The van der Waals surface area contributed by atoms with Gasteiger partial charge in [-0.15, -0.1) is 0 Å². The summed E-state index contributed by atoms with van der Waals surface area (Å²) in [6.45, 7) is 53.6. The molecule has 55 heteroatoms. The Balaban J connectivity index is 1.85. The van der Waals surface area contributed by atoms with Crippen LogP contribution in [0.25, 0.3) is 0 Å². The fraction of sp³-hybridized carbons (Fsp3) is 1.00. The van der Waals surface area contributed by atoms with E-state index in [2.05, 4.69) is 0 Å². The summed E-state index contributed by atoms with van der Waals surface area (Å²) >= 11 is 0. The van der Waals surface area contributed by atoms with E-state index in [4.69, 9.17) is 151 Å². The fourth-order valence-corrected chi connectivity index (χ4v) is 92.3. The highest BCUT2D eigenvalue weighted by Gasteiger charge is 2.88. The second-order valence-corrected chi connectivity index (χ2v) is 89.4. The van der Waals surface area contributed by atoms with Gasteiger partial charge in [0.15, 0.2) is 49.9 Å². The van der Waals surface area contributed by atoms with Gasteiger partial charge in [-0.05, 0) is 198 Å². The number of fused-ring (bicyclic) bond motifs is 4. The quantitative estimate of drug-likeness (QED) is 0.0341.